The quantitative estimate of drug-likeness (QED) is 0.527. The first-order valence-corrected chi connectivity index (χ1v) is 2.14. The van der Waals surface area contributed by atoms with E-state index in [4.69, 9.17) is 0 Å². The number of H-pyrrole nitrogens is 2. The molecule has 0 bridgehead atoms. The number of aromatic amines is 2. The molecule has 0 atom stereocenters. The molecule has 0 radical (unpaired) electrons. The Morgan fingerprint density at radius 3 is 2.75 bits per heavy atom. The second-order valence-corrected chi connectivity index (χ2v) is 1.31. The van der Waals surface area contributed by atoms with E-state index in [1.165, 1.54) is 13.3 Å². The molecule has 0 saturated carbocycles. The van der Waals surface area contributed by atoms with Gasteiger partial charge in [0.2, 0.25) is 5.75 Å². The molecule has 0 aromatic carbocycles. The van der Waals surface area contributed by atoms with E-state index < -0.39 is 0 Å². The highest BCUT2D eigenvalue weighted by Crippen LogP contribution is 1.93. The third kappa shape index (κ3) is 0.598. The SMILES string of the molecule is COc1c[nH][nH]c1=O. The van der Waals surface area contributed by atoms with Crippen molar-refractivity contribution in [3.63, 3.8) is 0 Å². The highest BCUT2D eigenvalue weighted by molar-refractivity contribution is 5.09. The minimum atomic E-state index is -0.229. The molecule has 0 fully saturated rings. The molecule has 1 rings (SSSR count). The molecule has 0 aliphatic heterocycles. The Hall–Kier alpha value is -1.19. The van der Waals surface area contributed by atoms with Gasteiger partial charge in [-0.05, 0) is 0 Å². The van der Waals surface area contributed by atoms with E-state index >= 15 is 0 Å². The van der Waals surface area contributed by atoms with Crippen LogP contribution in [0.15, 0.2) is 11.0 Å². The van der Waals surface area contributed by atoms with Gasteiger partial charge in [-0.2, -0.15) is 0 Å². The van der Waals surface area contributed by atoms with Crippen LogP contribution in [0.25, 0.3) is 0 Å². The van der Waals surface area contributed by atoms with Crippen LogP contribution in [-0.2, 0) is 0 Å². The Kier molecular flexibility index (Phi) is 1.07. The Balaban J connectivity index is 3.11. The van der Waals surface area contributed by atoms with Crippen LogP contribution in [0.5, 0.6) is 5.75 Å². The van der Waals surface area contributed by atoms with Gasteiger partial charge in [-0.25, -0.2) is 0 Å². The molecule has 4 heteroatoms. The van der Waals surface area contributed by atoms with Crippen LogP contribution in [0.4, 0.5) is 0 Å². The summed E-state index contributed by atoms with van der Waals surface area (Å²) in [5.74, 6) is 0.310. The average Bonchev–Trinajstić information content (AvgIpc) is 2.14. The largest absolute Gasteiger partial charge is 0.490 e. The zero-order valence-electron chi connectivity index (χ0n) is 4.39. The van der Waals surface area contributed by atoms with Gasteiger partial charge >= 0.3 is 5.56 Å². The second kappa shape index (κ2) is 1.73. The van der Waals surface area contributed by atoms with Gasteiger partial charge in [0.25, 0.3) is 0 Å². The maximum absolute atomic E-state index is 10.4. The van der Waals surface area contributed by atoms with Crippen LogP contribution >= 0.6 is 0 Å². The average molecular weight is 114 g/mol. The molecule has 0 unspecified atom stereocenters. The van der Waals surface area contributed by atoms with E-state index in [1.54, 1.807) is 0 Å². The molecule has 0 spiro atoms. The first-order chi connectivity index (χ1) is 3.84. The maximum atomic E-state index is 10.4. The van der Waals surface area contributed by atoms with Gasteiger partial charge in [0.1, 0.15) is 0 Å². The van der Waals surface area contributed by atoms with Crippen molar-refractivity contribution in [3.8, 4) is 5.75 Å². The summed E-state index contributed by atoms with van der Waals surface area (Å²) in [6, 6.07) is 0. The van der Waals surface area contributed by atoms with Gasteiger partial charge in [-0.15, -0.1) is 0 Å². The number of ether oxygens (including phenoxy) is 1. The van der Waals surface area contributed by atoms with Crippen LogP contribution in [0.1, 0.15) is 0 Å². The predicted octanol–water partition coefficient (Wildman–Crippen LogP) is -0.288. The van der Waals surface area contributed by atoms with Gasteiger partial charge in [-0.3, -0.25) is 9.89 Å². The van der Waals surface area contributed by atoms with Crippen LogP contribution in [0.2, 0.25) is 0 Å². The van der Waals surface area contributed by atoms with E-state index in [2.05, 4.69) is 14.9 Å². The summed E-state index contributed by atoms with van der Waals surface area (Å²) in [4.78, 5) is 10.4. The fraction of sp³-hybridized carbons (Fsp3) is 0.250. The first-order valence-electron chi connectivity index (χ1n) is 2.14. The lowest BCUT2D eigenvalue weighted by molar-refractivity contribution is 0.411. The van der Waals surface area contributed by atoms with Crippen molar-refractivity contribution < 1.29 is 4.74 Å². The smallest absolute Gasteiger partial charge is 0.306 e. The molecule has 0 saturated heterocycles. The van der Waals surface area contributed by atoms with Gasteiger partial charge in [0.15, 0.2) is 0 Å². The number of rotatable bonds is 1. The highest BCUT2D eigenvalue weighted by atomic mass is 16.5. The summed E-state index contributed by atoms with van der Waals surface area (Å²) in [5.41, 5.74) is -0.229. The molecular weight excluding hydrogens is 108 g/mol. The molecule has 0 aliphatic rings. The van der Waals surface area contributed by atoms with Crippen molar-refractivity contribution in [1.82, 2.24) is 10.2 Å². The summed E-state index contributed by atoms with van der Waals surface area (Å²) < 4.78 is 4.61. The van der Waals surface area contributed by atoms with Crippen LogP contribution in [-0.4, -0.2) is 17.3 Å². The Morgan fingerprint density at radius 2 is 2.50 bits per heavy atom. The third-order valence-corrected chi connectivity index (χ3v) is 0.833. The van der Waals surface area contributed by atoms with E-state index in [-0.39, 0.29) is 5.56 Å². The number of aromatic nitrogens is 2. The summed E-state index contributed by atoms with van der Waals surface area (Å²) in [6.07, 6.45) is 1.46. The van der Waals surface area contributed by atoms with Crippen molar-refractivity contribution in [2.24, 2.45) is 0 Å². The monoisotopic (exact) mass is 114 g/mol. The van der Waals surface area contributed by atoms with Crippen molar-refractivity contribution in [2.45, 2.75) is 0 Å². The summed E-state index contributed by atoms with van der Waals surface area (Å²) >= 11 is 0. The van der Waals surface area contributed by atoms with Crippen molar-refractivity contribution in [2.75, 3.05) is 7.11 Å². The highest BCUT2D eigenvalue weighted by Gasteiger charge is 1.93. The third-order valence-electron chi connectivity index (χ3n) is 0.833. The van der Waals surface area contributed by atoms with Gasteiger partial charge in [0, 0.05) is 0 Å². The molecule has 1 heterocycles. The minimum Gasteiger partial charge on any atom is -0.490 e. The Morgan fingerprint density at radius 1 is 1.75 bits per heavy atom. The molecule has 4 nitrogen and oxygen atoms in total. The predicted molar refractivity (Wildman–Crippen MR) is 28.0 cm³/mol. The van der Waals surface area contributed by atoms with Gasteiger partial charge in [-0.1, -0.05) is 0 Å². The minimum absolute atomic E-state index is 0.229. The van der Waals surface area contributed by atoms with Crippen LogP contribution in [0, 0.1) is 0 Å². The zero-order chi connectivity index (χ0) is 5.98. The Bertz CT molecular complexity index is 212. The molecule has 8 heavy (non-hydrogen) atoms. The number of hydrogen-bond donors (Lipinski definition) is 2. The standard InChI is InChI=1S/C4H6N2O2/c1-8-3-2-5-6-4(3)7/h2H,1H3,(H2,5,6,7). The van der Waals surface area contributed by atoms with Crippen molar-refractivity contribution >= 4 is 0 Å². The van der Waals surface area contributed by atoms with E-state index in [9.17, 15) is 4.79 Å². The van der Waals surface area contributed by atoms with Gasteiger partial charge < -0.3 is 9.84 Å². The van der Waals surface area contributed by atoms with Crippen LogP contribution in [0.3, 0.4) is 0 Å². The summed E-state index contributed by atoms with van der Waals surface area (Å²) in [6.45, 7) is 0. The van der Waals surface area contributed by atoms with Crippen LogP contribution < -0.4 is 10.3 Å². The normalized spacial score (nSPS) is 9.12. The maximum Gasteiger partial charge on any atom is 0.306 e. The molecule has 1 aromatic heterocycles. The lowest BCUT2D eigenvalue weighted by Gasteiger charge is -1.84. The Labute approximate surface area is 45.5 Å². The summed E-state index contributed by atoms with van der Waals surface area (Å²) in [5, 5.41) is 4.80. The number of hydrogen-bond acceptors (Lipinski definition) is 2. The van der Waals surface area contributed by atoms with E-state index in [0.29, 0.717) is 5.75 Å². The lowest BCUT2D eigenvalue weighted by Crippen LogP contribution is -2.01. The zero-order valence-corrected chi connectivity index (χ0v) is 4.39. The fourth-order valence-electron chi connectivity index (χ4n) is 0.446. The molecule has 0 aliphatic carbocycles. The molecule has 1 aromatic rings. The molecule has 2 N–H and O–H groups in total. The molecule has 44 valence electrons. The second-order valence-electron chi connectivity index (χ2n) is 1.31. The van der Waals surface area contributed by atoms with E-state index in [0.717, 1.165) is 0 Å². The lowest BCUT2D eigenvalue weighted by atomic mass is 10.6. The fourth-order valence-corrected chi connectivity index (χ4v) is 0.446. The topological polar surface area (TPSA) is 57.9 Å². The summed E-state index contributed by atoms with van der Waals surface area (Å²) in [7, 11) is 1.44. The van der Waals surface area contributed by atoms with Crippen molar-refractivity contribution in [3.05, 3.63) is 16.6 Å². The van der Waals surface area contributed by atoms with Crippen molar-refractivity contribution in [1.29, 1.82) is 0 Å². The number of methoxy groups -OCH3 is 1. The molecular formula is C4H6N2O2. The van der Waals surface area contributed by atoms with Gasteiger partial charge in [0.05, 0.1) is 13.3 Å². The number of nitrogens with one attached hydrogen (secondary N) is 2. The first kappa shape index (κ1) is 4.96. The molecule has 0 amide bonds. The van der Waals surface area contributed by atoms with E-state index in [1.807, 2.05) is 0 Å².